The molecule has 3 N–H and O–H groups in total. The van der Waals surface area contributed by atoms with Crippen molar-refractivity contribution in [2.45, 2.75) is 31.0 Å². The lowest BCUT2D eigenvalue weighted by atomic mass is 10.00. The van der Waals surface area contributed by atoms with Crippen molar-refractivity contribution in [1.29, 1.82) is 0 Å². The lowest BCUT2D eigenvalue weighted by Gasteiger charge is -2.28. The fraction of sp³-hybridized carbons (Fsp3) is 0.500. The quantitative estimate of drug-likeness (QED) is 0.766. The molecule has 0 saturated carbocycles. The molecule has 5 nitrogen and oxygen atoms in total. The van der Waals surface area contributed by atoms with E-state index in [0.29, 0.717) is 36.8 Å². The minimum absolute atomic E-state index is 0. The van der Waals surface area contributed by atoms with Gasteiger partial charge in [-0.3, -0.25) is 4.79 Å². The summed E-state index contributed by atoms with van der Waals surface area (Å²) < 4.78 is 5.57. The second kappa shape index (κ2) is 6.83. The van der Waals surface area contributed by atoms with Gasteiger partial charge in [-0.15, -0.1) is 12.4 Å². The zero-order valence-electron chi connectivity index (χ0n) is 11.3. The fourth-order valence-electron chi connectivity index (χ4n) is 2.73. The summed E-state index contributed by atoms with van der Waals surface area (Å²) in [5, 5.41) is 16.1. The third-order valence-electron chi connectivity index (χ3n) is 3.77. The Bertz CT molecular complexity index is 527. The van der Waals surface area contributed by atoms with E-state index in [1.165, 1.54) is 0 Å². The Kier molecular flexibility index (Phi) is 5.32. The number of aliphatic hydroxyl groups is 1. The molecule has 2 aliphatic rings. The minimum Gasteiger partial charge on any atom is -0.492 e. The SMILES string of the molecule is Cl.O=C(NC1CCOc2c(Cl)cccc21)C1CC(O)CN1. The standard InChI is InChI=1S/C14H17ClN2O3.ClH/c15-10-3-1-2-9-11(4-5-20-13(9)10)17-14(19)12-6-8(18)7-16-12;/h1-3,8,11-12,16,18H,4-7H2,(H,17,19);1H. The fourth-order valence-corrected chi connectivity index (χ4v) is 2.96. The van der Waals surface area contributed by atoms with Gasteiger partial charge in [0.1, 0.15) is 5.75 Å². The van der Waals surface area contributed by atoms with E-state index >= 15 is 0 Å². The molecule has 3 unspecified atom stereocenters. The average Bonchev–Trinajstić information content (AvgIpc) is 2.87. The molecule has 7 heteroatoms. The number of nitrogens with one attached hydrogen (secondary N) is 2. The van der Waals surface area contributed by atoms with Gasteiger partial charge in [0.05, 0.1) is 29.8 Å². The molecular weight excluding hydrogens is 315 g/mol. The highest BCUT2D eigenvalue weighted by atomic mass is 35.5. The smallest absolute Gasteiger partial charge is 0.237 e. The van der Waals surface area contributed by atoms with Crippen LogP contribution in [0, 0.1) is 0 Å². The van der Waals surface area contributed by atoms with E-state index < -0.39 is 6.10 Å². The second-order valence-corrected chi connectivity index (χ2v) is 5.61. The first-order chi connectivity index (χ1) is 9.65. The van der Waals surface area contributed by atoms with Crippen molar-refractivity contribution in [3.63, 3.8) is 0 Å². The van der Waals surface area contributed by atoms with E-state index in [2.05, 4.69) is 10.6 Å². The number of fused-ring (bicyclic) bond motifs is 1. The van der Waals surface area contributed by atoms with Gasteiger partial charge in [0.2, 0.25) is 5.91 Å². The summed E-state index contributed by atoms with van der Waals surface area (Å²) >= 11 is 6.11. The monoisotopic (exact) mass is 332 g/mol. The van der Waals surface area contributed by atoms with Gasteiger partial charge in [0.15, 0.2) is 0 Å². The van der Waals surface area contributed by atoms with Crippen LogP contribution in [0.4, 0.5) is 0 Å². The molecule has 2 aliphatic heterocycles. The number of halogens is 2. The van der Waals surface area contributed by atoms with Gasteiger partial charge >= 0.3 is 0 Å². The summed E-state index contributed by atoms with van der Waals surface area (Å²) in [5.41, 5.74) is 0.913. The number of carbonyl (C=O) groups excluding carboxylic acids is 1. The van der Waals surface area contributed by atoms with Crippen LogP contribution in [0.15, 0.2) is 18.2 Å². The van der Waals surface area contributed by atoms with E-state index in [9.17, 15) is 9.90 Å². The zero-order valence-corrected chi connectivity index (χ0v) is 12.9. The van der Waals surface area contributed by atoms with Crippen LogP contribution in [0.3, 0.4) is 0 Å². The van der Waals surface area contributed by atoms with Crippen molar-refractivity contribution in [2.75, 3.05) is 13.2 Å². The van der Waals surface area contributed by atoms with Crippen LogP contribution in [0.2, 0.25) is 5.02 Å². The molecule has 1 aromatic rings. The van der Waals surface area contributed by atoms with Gasteiger partial charge in [-0.25, -0.2) is 0 Å². The van der Waals surface area contributed by atoms with Crippen LogP contribution in [0.25, 0.3) is 0 Å². The highest BCUT2D eigenvalue weighted by Crippen LogP contribution is 2.37. The van der Waals surface area contributed by atoms with Crippen LogP contribution in [-0.2, 0) is 4.79 Å². The molecule has 1 saturated heterocycles. The van der Waals surface area contributed by atoms with E-state index in [1.54, 1.807) is 6.07 Å². The van der Waals surface area contributed by atoms with Crippen molar-refractivity contribution in [3.8, 4) is 5.75 Å². The topological polar surface area (TPSA) is 70.6 Å². The first-order valence-electron chi connectivity index (χ1n) is 6.78. The molecule has 0 aliphatic carbocycles. The van der Waals surface area contributed by atoms with Gasteiger partial charge in [-0.1, -0.05) is 23.7 Å². The first kappa shape index (κ1) is 16.4. The Hall–Kier alpha value is -1.01. The lowest BCUT2D eigenvalue weighted by molar-refractivity contribution is -0.123. The third kappa shape index (κ3) is 3.43. The number of amides is 1. The van der Waals surface area contributed by atoms with E-state index in [4.69, 9.17) is 16.3 Å². The molecule has 0 aromatic heterocycles. The number of aliphatic hydroxyl groups excluding tert-OH is 1. The molecule has 0 spiro atoms. The summed E-state index contributed by atoms with van der Waals surface area (Å²) in [6.45, 7) is 0.997. The number of para-hydroxylation sites is 1. The van der Waals surface area contributed by atoms with Crippen LogP contribution < -0.4 is 15.4 Å². The predicted octanol–water partition coefficient (Wildman–Crippen LogP) is 1.42. The molecule has 1 fully saturated rings. The molecule has 21 heavy (non-hydrogen) atoms. The molecule has 1 amide bonds. The number of carbonyl (C=O) groups is 1. The van der Waals surface area contributed by atoms with E-state index in [-0.39, 0.29) is 30.4 Å². The molecule has 0 bridgehead atoms. The van der Waals surface area contributed by atoms with Crippen molar-refractivity contribution in [2.24, 2.45) is 0 Å². The van der Waals surface area contributed by atoms with Crippen molar-refractivity contribution >= 4 is 29.9 Å². The van der Waals surface area contributed by atoms with Crippen molar-refractivity contribution in [1.82, 2.24) is 10.6 Å². The Morgan fingerprint density at radius 1 is 1.48 bits per heavy atom. The Balaban J connectivity index is 0.00000161. The number of ether oxygens (including phenoxy) is 1. The van der Waals surface area contributed by atoms with Crippen LogP contribution in [-0.4, -0.2) is 36.3 Å². The number of hydrogen-bond acceptors (Lipinski definition) is 4. The summed E-state index contributed by atoms with van der Waals surface area (Å²) in [5.74, 6) is 0.574. The molecule has 1 aromatic carbocycles. The van der Waals surface area contributed by atoms with Gasteiger partial charge in [0.25, 0.3) is 0 Å². The summed E-state index contributed by atoms with van der Waals surface area (Å²) in [6.07, 6.45) is 0.730. The maximum absolute atomic E-state index is 12.2. The molecule has 3 rings (SSSR count). The van der Waals surface area contributed by atoms with Gasteiger partial charge < -0.3 is 20.5 Å². The zero-order chi connectivity index (χ0) is 14.1. The summed E-state index contributed by atoms with van der Waals surface area (Å²) in [7, 11) is 0. The van der Waals surface area contributed by atoms with Gasteiger partial charge in [-0.05, 0) is 12.5 Å². The maximum Gasteiger partial charge on any atom is 0.237 e. The molecule has 3 atom stereocenters. The molecule has 116 valence electrons. The maximum atomic E-state index is 12.2. The minimum atomic E-state index is -0.442. The van der Waals surface area contributed by atoms with Crippen LogP contribution >= 0.6 is 24.0 Å². The van der Waals surface area contributed by atoms with Crippen LogP contribution in [0.5, 0.6) is 5.75 Å². The van der Waals surface area contributed by atoms with Crippen molar-refractivity contribution in [3.05, 3.63) is 28.8 Å². The highest BCUT2D eigenvalue weighted by Gasteiger charge is 2.31. The summed E-state index contributed by atoms with van der Waals surface area (Å²) in [4.78, 5) is 12.2. The highest BCUT2D eigenvalue weighted by molar-refractivity contribution is 6.32. The normalized spacial score (nSPS) is 27.2. The van der Waals surface area contributed by atoms with E-state index in [1.807, 2.05) is 12.1 Å². The first-order valence-corrected chi connectivity index (χ1v) is 7.16. The lowest BCUT2D eigenvalue weighted by Crippen LogP contribution is -2.43. The Morgan fingerprint density at radius 3 is 3.00 bits per heavy atom. The summed E-state index contributed by atoms with van der Waals surface area (Å²) in [6, 6.07) is 5.13. The number of β-amino-alcohol motifs (C(OH)–C–C–N with tert-alkyl or cyclic N) is 1. The molecule has 2 heterocycles. The predicted molar refractivity (Wildman–Crippen MR) is 82.1 cm³/mol. The third-order valence-corrected chi connectivity index (χ3v) is 4.06. The van der Waals surface area contributed by atoms with Gasteiger partial charge in [-0.2, -0.15) is 0 Å². The average molecular weight is 333 g/mol. The largest absolute Gasteiger partial charge is 0.492 e. The number of hydrogen-bond donors (Lipinski definition) is 3. The van der Waals surface area contributed by atoms with E-state index in [0.717, 1.165) is 5.56 Å². The molecular formula is C14H18Cl2N2O3. The number of benzene rings is 1. The number of rotatable bonds is 2. The van der Waals surface area contributed by atoms with Crippen LogP contribution in [0.1, 0.15) is 24.4 Å². The Morgan fingerprint density at radius 2 is 2.29 bits per heavy atom. The van der Waals surface area contributed by atoms with Crippen molar-refractivity contribution < 1.29 is 14.6 Å². The second-order valence-electron chi connectivity index (χ2n) is 5.21. The molecule has 0 radical (unpaired) electrons. The Labute approximate surface area is 134 Å². The van der Waals surface area contributed by atoms with Gasteiger partial charge in [0, 0.05) is 18.5 Å².